The molecule has 0 heterocycles. The Balaban J connectivity index is 2.06. The number of benzene rings is 1. The van der Waals surface area contributed by atoms with Crippen molar-refractivity contribution < 1.29 is 5.11 Å². The van der Waals surface area contributed by atoms with E-state index in [9.17, 15) is 5.11 Å². The fourth-order valence-corrected chi connectivity index (χ4v) is 2.74. The lowest BCUT2D eigenvalue weighted by atomic mass is 9.84. The Hall–Kier alpha value is -0.470. The topological polar surface area (TPSA) is 20.2 Å². The first-order chi connectivity index (χ1) is 7.81. The molecule has 1 fully saturated rings. The summed E-state index contributed by atoms with van der Waals surface area (Å²) >= 11 is 4.10. The van der Waals surface area contributed by atoms with Crippen LogP contribution in [0.2, 0.25) is 0 Å². The molecule has 0 aromatic heterocycles. The molecule has 1 atom stereocenters. The Morgan fingerprint density at radius 3 is 2.31 bits per heavy atom. The van der Waals surface area contributed by atoms with Crippen LogP contribution in [0.25, 0.3) is 0 Å². The number of aliphatic hydroxyl groups excluding tert-OH is 1. The van der Waals surface area contributed by atoms with Crippen LogP contribution in [0.3, 0.4) is 0 Å². The molecule has 2 rings (SSSR count). The second kappa shape index (κ2) is 5.74. The molecule has 0 aliphatic heterocycles. The van der Waals surface area contributed by atoms with Gasteiger partial charge in [0.25, 0.3) is 0 Å². The summed E-state index contributed by atoms with van der Waals surface area (Å²) in [5, 5.41) is 9.65. The molecule has 0 spiro atoms. The Morgan fingerprint density at radius 2 is 1.75 bits per heavy atom. The third-order valence-corrected chi connectivity index (χ3v) is 3.92. The highest BCUT2D eigenvalue weighted by molar-refractivity contribution is 7.80. The molecule has 0 saturated heterocycles. The Bertz CT molecular complexity index is 314. The maximum Gasteiger partial charge on any atom is 0.0877 e. The van der Waals surface area contributed by atoms with E-state index < -0.39 is 6.10 Å². The first-order valence-electron chi connectivity index (χ1n) is 6.20. The number of rotatable bonds is 3. The van der Waals surface area contributed by atoms with Crippen molar-refractivity contribution in [2.75, 3.05) is 5.75 Å². The first kappa shape index (κ1) is 12.0. The third-order valence-electron chi connectivity index (χ3n) is 3.57. The van der Waals surface area contributed by atoms with Crippen LogP contribution in [-0.4, -0.2) is 10.9 Å². The zero-order valence-corrected chi connectivity index (χ0v) is 10.5. The monoisotopic (exact) mass is 236 g/mol. The van der Waals surface area contributed by atoms with Crippen LogP contribution in [0.4, 0.5) is 0 Å². The molecule has 88 valence electrons. The molecule has 0 amide bonds. The summed E-state index contributed by atoms with van der Waals surface area (Å²) < 4.78 is 0. The summed E-state index contributed by atoms with van der Waals surface area (Å²) in [4.78, 5) is 0. The van der Waals surface area contributed by atoms with E-state index >= 15 is 0 Å². The van der Waals surface area contributed by atoms with E-state index in [1.54, 1.807) is 0 Å². The van der Waals surface area contributed by atoms with Gasteiger partial charge in [-0.3, -0.25) is 0 Å². The van der Waals surface area contributed by atoms with Gasteiger partial charge in [0.1, 0.15) is 0 Å². The van der Waals surface area contributed by atoms with Crippen LogP contribution in [-0.2, 0) is 0 Å². The molecule has 1 nitrogen and oxygen atoms in total. The van der Waals surface area contributed by atoms with Crippen molar-refractivity contribution in [2.45, 2.75) is 44.1 Å². The van der Waals surface area contributed by atoms with Gasteiger partial charge >= 0.3 is 0 Å². The van der Waals surface area contributed by atoms with Crippen LogP contribution >= 0.6 is 12.6 Å². The van der Waals surface area contributed by atoms with Gasteiger partial charge in [0.15, 0.2) is 0 Å². The van der Waals surface area contributed by atoms with E-state index in [1.807, 2.05) is 12.1 Å². The maximum atomic E-state index is 9.65. The molecular formula is C14H20OS. The molecule has 0 radical (unpaired) electrons. The van der Waals surface area contributed by atoms with E-state index in [4.69, 9.17) is 0 Å². The number of hydrogen-bond acceptors (Lipinski definition) is 2. The summed E-state index contributed by atoms with van der Waals surface area (Å²) in [7, 11) is 0. The largest absolute Gasteiger partial charge is 0.388 e. The fourth-order valence-electron chi connectivity index (χ4n) is 2.53. The minimum atomic E-state index is -0.427. The van der Waals surface area contributed by atoms with Crippen LogP contribution < -0.4 is 0 Å². The molecule has 1 aliphatic carbocycles. The van der Waals surface area contributed by atoms with Crippen molar-refractivity contribution in [1.29, 1.82) is 0 Å². The van der Waals surface area contributed by atoms with Gasteiger partial charge in [0, 0.05) is 5.75 Å². The first-order valence-corrected chi connectivity index (χ1v) is 6.83. The molecule has 2 heteroatoms. The van der Waals surface area contributed by atoms with Crippen molar-refractivity contribution in [2.24, 2.45) is 0 Å². The predicted molar refractivity (Wildman–Crippen MR) is 71.1 cm³/mol. The Kier molecular flexibility index (Phi) is 4.30. The average Bonchev–Trinajstić information content (AvgIpc) is 2.39. The molecule has 1 saturated carbocycles. The number of aliphatic hydroxyl groups is 1. The second-order valence-electron chi connectivity index (χ2n) is 4.70. The quantitative estimate of drug-likeness (QED) is 0.767. The smallest absolute Gasteiger partial charge is 0.0877 e. The highest BCUT2D eigenvalue weighted by atomic mass is 32.1. The van der Waals surface area contributed by atoms with Crippen LogP contribution in [0, 0.1) is 0 Å². The lowest BCUT2D eigenvalue weighted by Crippen LogP contribution is -2.05. The standard InChI is InChI=1S/C14H20OS/c15-14(10-16)13-8-6-12(7-9-13)11-4-2-1-3-5-11/h6-9,11,14-16H,1-5,10H2. The molecule has 1 aromatic carbocycles. The van der Waals surface area contributed by atoms with Gasteiger partial charge in [-0.15, -0.1) is 0 Å². The van der Waals surface area contributed by atoms with Crippen LogP contribution in [0.1, 0.15) is 55.3 Å². The second-order valence-corrected chi connectivity index (χ2v) is 5.07. The number of thiol groups is 1. The zero-order valence-electron chi connectivity index (χ0n) is 9.60. The van der Waals surface area contributed by atoms with Crippen molar-refractivity contribution in [3.63, 3.8) is 0 Å². The normalized spacial score (nSPS) is 19.6. The van der Waals surface area contributed by atoms with E-state index in [2.05, 4.69) is 24.8 Å². The lowest BCUT2D eigenvalue weighted by Gasteiger charge is -2.22. The van der Waals surface area contributed by atoms with Gasteiger partial charge in [-0.2, -0.15) is 12.6 Å². The molecular weight excluding hydrogens is 216 g/mol. The average molecular weight is 236 g/mol. The minimum absolute atomic E-state index is 0.427. The summed E-state index contributed by atoms with van der Waals surface area (Å²) in [6.07, 6.45) is 6.36. The zero-order chi connectivity index (χ0) is 11.4. The summed E-state index contributed by atoms with van der Waals surface area (Å²) in [5.41, 5.74) is 2.42. The van der Waals surface area contributed by atoms with Crippen molar-refractivity contribution >= 4 is 12.6 Å². The molecule has 1 aliphatic rings. The van der Waals surface area contributed by atoms with Gasteiger partial charge in [0.2, 0.25) is 0 Å². The summed E-state index contributed by atoms with van der Waals surface area (Å²) in [5.74, 6) is 1.24. The van der Waals surface area contributed by atoms with Gasteiger partial charge in [0.05, 0.1) is 6.10 Å². The molecule has 1 N–H and O–H groups in total. The van der Waals surface area contributed by atoms with Crippen LogP contribution in [0.5, 0.6) is 0 Å². The van der Waals surface area contributed by atoms with Gasteiger partial charge in [-0.25, -0.2) is 0 Å². The molecule has 16 heavy (non-hydrogen) atoms. The highest BCUT2D eigenvalue weighted by Gasteiger charge is 2.15. The SMILES string of the molecule is OC(CS)c1ccc(C2CCCCC2)cc1. The minimum Gasteiger partial charge on any atom is -0.388 e. The molecule has 1 unspecified atom stereocenters. The van der Waals surface area contributed by atoms with Crippen molar-refractivity contribution in [1.82, 2.24) is 0 Å². The third kappa shape index (κ3) is 2.80. The van der Waals surface area contributed by atoms with E-state index in [-0.39, 0.29) is 0 Å². The Morgan fingerprint density at radius 1 is 1.12 bits per heavy atom. The molecule has 1 aromatic rings. The Labute approximate surface area is 103 Å². The van der Waals surface area contributed by atoms with E-state index in [1.165, 1.54) is 37.7 Å². The fraction of sp³-hybridized carbons (Fsp3) is 0.571. The summed E-state index contributed by atoms with van der Waals surface area (Å²) in [6, 6.07) is 8.45. The van der Waals surface area contributed by atoms with Crippen molar-refractivity contribution in [3.8, 4) is 0 Å². The van der Waals surface area contributed by atoms with Gasteiger partial charge in [-0.05, 0) is 29.9 Å². The molecule has 0 bridgehead atoms. The lowest BCUT2D eigenvalue weighted by molar-refractivity contribution is 0.204. The number of hydrogen-bond donors (Lipinski definition) is 2. The van der Waals surface area contributed by atoms with Crippen molar-refractivity contribution in [3.05, 3.63) is 35.4 Å². The predicted octanol–water partition coefficient (Wildman–Crippen LogP) is 3.70. The van der Waals surface area contributed by atoms with Gasteiger partial charge < -0.3 is 5.11 Å². The van der Waals surface area contributed by atoms with Gasteiger partial charge in [-0.1, -0.05) is 43.5 Å². The van der Waals surface area contributed by atoms with E-state index in [0.29, 0.717) is 5.75 Å². The summed E-state index contributed by atoms with van der Waals surface area (Å²) in [6.45, 7) is 0. The maximum absolute atomic E-state index is 9.65. The van der Waals surface area contributed by atoms with E-state index in [0.717, 1.165) is 11.5 Å². The van der Waals surface area contributed by atoms with Crippen LogP contribution in [0.15, 0.2) is 24.3 Å². The highest BCUT2D eigenvalue weighted by Crippen LogP contribution is 2.32.